The van der Waals surface area contributed by atoms with Gasteiger partial charge in [-0.2, -0.15) is 0 Å². The smallest absolute Gasteiger partial charge is 0.118 e. The molecule has 0 heterocycles. The zero-order valence-corrected chi connectivity index (χ0v) is 13.6. The van der Waals surface area contributed by atoms with Crippen molar-refractivity contribution < 1.29 is 4.74 Å². The Hall–Kier alpha value is -1.06. The summed E-state index contributed by atoms with van der Waals surface area (Å²) in [5.74, 6) is 1.76. The van der Waals surface area contributed by atoms with E-state index in [1.54, 1.807) is 7.11 Å². The Morgan fingerprint density at radius 1 is 1.24 bits per heavy atom. The number of likely N-dealkylation sites (N-methyl/N-ethyl adjacent to an activating group) is 1. The lowest BCUT2D eigenvalue weighted by Crippen LogP contribution is -2.56. The van der Waals surface area contributed by atoms with E-state index in [1.165, 1.54) is 37.7 Å². The van der Waals surface area contributed by atoms with Gasteiger partial charge in [-0.15, -0.1) is 0 Å². The van der Waals surface area contributed by atoms with Crippen molar-refractivity contribution in [2.45, 2.75) is 43.7 Å². The van der Waals surface area contributed by atoms with Gasteiger partial charge in [0.25, 0.3) is 0 Å². The van der Waals surface area contributed by atoms with Crippen LogP contribution in [0.5, 0.6) is 5.75 Å². The Bertz CT molecular complexity index is 461. The Balaban J connectivity index is 1.67. The molecule has 2 aliphatic carbocycles. The second-order valence-electron chi connectivity index (χ2n) is 6.94. The van der Waals surface area contributed by atoms with Gasteiger partial charge in [0.1, 0.15) is 5.75 Å². The van der Waals surface area contributed by atoms with Crippen molar-refractivity contribution in [2.75, 3.05) is 27.7 Å². The third kappa shape index (κ3) is 3.09. The minimum atomic E-state index is 0.389. The number of hydrogen-bond acceptors (Lipinski definition) is 3. The summed E-state index contributed by atoms with van der Waals surface area (Å²) in [6.45, 7) is 1.10. The zero-order chi connectivity index (χ0) is 14.9. The first-order valence-electron chi connectivity index (χ1n) is 8.19. The average Bonchev–Trinajstić information content (AvgIpc) is 3.26. The predicted molar refractivity (Wildman–Crippen MR) is 86.7 cm³/mol. The van der Waals surface area contributed by atoms with E-state index in [9.17, 15) is 0 Å². The summed E-state index contributed by atoms with van der Waals surface area (Å²) in [7, 11) is 6.17. The molecule has 1 aromatic carbocycles. The molecular weight excluding hydrogens is 260 g/mol. The summed E-state index contributed by atoms with van der Waals surface area (Å²) >= 11 is 0. The second-order valence-corrected chi connectivity index (χ2v) is 6.94. The molecule has 3 rings (SSSR count). The molecule has 0 amide bonds. The van der Waals surface area contributed by atoms with E-state index in [2.05, 4.69) is 48.6 Å². The summed E-state index contributed by atoms with van der Waals surface area (Å²) in [5, 5.41) is 3.88. The average molecular weight is 288 g/mol. The molecule has 1 aromatic rings. The van der Waals surface area contributed by atoms with Crippen LogP contribution in [0, 0.1) is 5.92 Å². The van der Waals surface area contributed by atoms with E-state index in [-0.39, 0.29) is 0 Å². The van der Waals surface area contributed by atoms with E-state index in [0.29, 0.717) is 11.6 Å². The fourth-order valence-corrected chi connectivity index (χ4v) is 3.46. The summed E-state index contributed by atoms with van der Waals surface area (Å²) in [6, 6.07) is 9.11. The summed E-state index contributed by atoms with van der Waals surface area (Å²) in [4.78, 5) is 2.42. The molecule has 0 saturated heterocycles. The second kappa shape index (κ2) is 5.98. The Kier molecular flexibility index (Phi) is 4.23. The fraction of sp³-hybridized carbons (Fsp3) is 0.667. The number of benzene rings is 1. The lowest BCUT2D eigenvalue weighted by molar-refractivity contribution is 0.0562. The molecule has 1 N–H and O–H groups in total. The topological polar surface area (TPSA) is 24.5 Å². The number of methoxy groups -OCH3 is 1. The Morgan fingerprint density at radius 2 is 1.90 bits per heavy atom. The molecule has 3 nitrogen and oxygen atoms in total. The van der Waals surface area contributed by atoms with Gasteiger partial charge >= 0.3 is 0 Å². The van der Waals surface area contributed by atoms with Gasteiger partial charge in [-0.3, -0.25) is 0 Å². The molecule has 1 unspecified atom stereocenters. The molecule has 0 aromatic heterocycles. The van der Waals surface area contributed by atoms with Crippen LogP contribution in [-0.2, 0) is 0 Å². The standard InChI is InChI=1S/C18H28N2O/c1-20(2)18(11-4-12-18)13-19-17(14-5-6-14)15-7-9-16(21-3)10-8-15/h7-10,14,17,19H,4-6,11-13H2,1-3H3. The molecule has 21 heavy (non-hydrogen) atoms. The van der Waals surface area contributed by atoms with Crippen molar-refractivity contribution in [1.29, 1.82) is 0 Å². The third-order valence-electron chi connectivity index (χ3n) is 5.45. The van der Waals surface area contributed by atoms with Crippen molar-refractivity contribution >= 4 is 0 Å². The highest BCUT2D eigenvalue weighted by Crippen LogP contribution is 2.42. The van der Waals surface area contributed by atoms with Crippen LogP contribution in [-0.4, -0.2) is 38.2 Å². The number of nitrogens with zero attached hydrogens (tertiary/aromatic N) is 1. The van der Waals surface area contributed by atoms with Crippen LogP contribution in [0.4, 0.5) is 0 Å². The number of rotatable bonds is 7. The Labute approximate surface area is 128 Å². The van der Waals surface area contributed by atoms with Crippen LogP contribution in [0.15, 0.2) is 24.3 Å². The first kappa shape index (κ1) is 14.9. The van der Waals surface area contributed by atoms with Crippen LogP contribution in [0.25, 0.3) is 0 Å². The molecule has 2 aliphatic rings. The minimum absolute atomic E-state index is 0.389. The maximum atomic E-state index is 5.27. The highest BCUT2D eigenvalue weighted by molar-refractivity contribution is 5.30. The van der Waals surface area contributed by atoms with E-state index >= 15 is 0 Å². The normalized spacial score (nSPS) is 21.9. The number of ether oxygens (including phenoxy) is 1. The van der Waals surface area contributed by atoms with E-state index < -0.39 is 0 Å². The molecule has 3 heteroatoms. The van der Waals surface area contributed by atoms with Crippen LogP contribution in [0.3, 0.4) is 0 Å². The molecule has 0 spiro atoms. The van der Waals surface area contributed by atoms with E-state index in [1.807, 2.05) is 0 Å². The van der Waals surface area contributed by atoms with E-state index in [4.69, 9.17) is 4.74 Å². The summed E-state index contributed by atoms with van der Waals surface area (Å²) < 4.78 is 5.27. The molecular formula is C18H28N2O. The van der Waals surface area contributed by atoms with Gasteiger partial charge in [0.2, 0.25) is 0 Å². The largest absolute Gasteiger partial charge is 0.497 e. The predicted octanol–water partition coefficient (Wildman–Crippen LogP) is 3.22. The van der Waals surface area contributed by atoms with Crippen molar-refractivity contribution in [3.05, 3.63) is 29.8 Å². The van der Waals surface area contributed by atoms with Gasteiger partial charge < -0.3 is 15.0 Å². The van der Waals surface area contributed by atoms with Gasteiger partial charge in [-0.25, -0.2) is 0 Å². The van der Waals surface area contributed by atoms with Crippen molar-refractivity contribution in [1.82, 2.24) is 10.2 Å². The molecule has 0 bridgehead atoms. The summed E-state index contributed by atoms with van der Waals surface area (Å²) in [6.07, 6.45) is 6.74. The minimum Gasteiger partial charge on any atom is -0.497 e. The SMILES string of the molecule is COc1ccc(C(NCC2(N(C)C)CCC2)C2CC2)cc1. The van der Waals surface area contributed by atoms with Crippen LogP contribution < -0.4 is 10.1 Å². The summed E-state index contributed by atoms with van der Waals surface area (Å²) in [5.41, 5.74) is 1.80. The van der Waals surface area contributed by atoms with Crippen LogP contribution in [0.2, 0.25) is 0 Å². The molecule has 2 saturated carbocycles. The van der Waals surface area contributed by atoms with Gasteiger partial charge in [-0.05, 0) is 69.8 Å². The number of hydrogen-bond donors (Lipinski definition) is 1. The third-order valence-corrected chi connectivity index (χ3v) is 5.45. The van der Waals surface area contributed by atoms with E-state index in [0.717, 1.165) is 18.2 Å². The quantitative estimate of drug-likeness (QED) is 0.834. The molecule has 0 aliphatic heterocycles. The lowest BCUT2D eigenvalue weighted by Gasteiger charge is -2.48. The molecule has 2 fully saturated rings. The molecule has 1 atom stereocenters. The first-order valence-corrected chi connectivity index (χ1v) is 8.19. The van der Waals surface area contributed by atoms with Gasteiger partial charge in [0, 0.05) is 18.1 Å². The maximum Gasteiger partial charge on any atom is 0.118 e. The van der Waals surface area contributed by atoms with Crippen molar-refractivity contribution in [2.24, 2.45) is 5.92 Å². The van der Waals surface area contributed by atoms with Crippen LogP contribution >= 0.6 is 0 Å². The van der Waals surface area contributed by atoms with Crippen molar-refractivity contribution in [3.63, 3.8) is 0 Å². The highest BCUT2D eigenvalue weighted by atomic mass is 16.5. The van der Waals surface area contributed by atoms with Gasteiger partial charge in [0.15, 0.2) is 0 Å². The monoisotopic (exact) mass is 288 g/mol. The number of nitrogens with one attached hydrogen (secondary N) is 1. The fourth-order valence-electron chi connectivity index (χ4n) is 3.46. The van der Waals surface area contributed by atoms with Gasteiger partial charge in [-0.1, -0.05) is 12.1 Å². The zero-order valence-electron chi connectivity index (χ0n) is 13.6. The Morgan fingerprint density at radius 3 is 2.33 bits per heavy atom. The first-order chi connectivity index (χ1) is 10.1. The lowest BCUT2D eigenvalue weighted by atomic mass is 9.75. The molecule has 116 valence electrons. The maximum absolute atomic E-state index is 5.27. The highest BCUT2D eigenvalue weighted by Gasteiger charge is 2.40. The van der Waals surface area contributed by atoms with Crippen molar-refractivity contribution in [3.8, 4) is 5.75 Å². The van der Waals surface area contributed by atoms with Gasteiger partial charge in [0.05, 0.1) is 7.11 Å². The van der Waals surface area contributed by atoms with Crippen LogP contribution in [0.1, 0.15) is 43.7 Å². The molecule has 0 radical (unpaired) electrons.